The van der Waals surface area contributed by atoms with Crippen molar-refractivity contribution in [3.8, 4) is 45.3 Å². The zero-order valence-corrected chi connectivity index (χ0v) is 22.8. The predicted molar refractivity (Wildman–Crippen MR) is 174 cm³/mol. The number of hydrogen-bond donors (Lipinski definition) is 0. The molecule has 1 heterocycles. The molecular weight excluding hydrogens is 510 g/mol. The molecule has 0 saturated carbocycles. The third-order valence-corrected chi connectivity index (χ3v) is 7.92. The van der Waals surface area contributed by atoms with Crippen molar-refractivity contribution in [1.29, 1.82) is 0 Å². The van der Waals surface area contributed by atoms with Gasteiger partial charge in [0.25, 0.3) is 0 Å². The molecule has 8 rings (SSSR count). The van der Waals surface area contributed by atoms with Crippen LogP contribution >= 0.6 is 0 Å². The summed E-state index contributed by atoms with van der Waals surface area (Å²) in [5.74, 6) is 1.99. The predicted octanol–water partition coefficient (Wildman–Crippen LogP) is 10.00. The summed E-state index contributed by atoms with van der Waals surface area (Å²) in [6, 6.07) is 52.9. The number of hydrogen-bond acceptors (Lipinski definition) is 3. The van der Waals surface area contributed by atoms with E-state index in [1.54, 1.807) is 0 Å². The van der Waals surface area contributed by atoms with Crippen LogP contribution in [0.2, 0.25) is 0 Å². The molecule has 7 aromatic carbocycles. The zero-order valence-electron chi connectivity index (χ0n) is 22.8. The maximum Gasteiger partial charge on any atom is 0.164 e. The second kappa shape index (κ2) is 10.1. The molecule has 0 spiro atoms. The Hall–Kier alpha value is -5.67. The van der Waals surface area contributed by atoms with Crippen molar-refractivity contribution in [1.82, 2.24) is 15.0 Å². The molecule has 42 heavy (non-hydrogen) atoms. The molecule has 0 atom stereocenters. The maximum absolute atomic E-state index is 5.00. The molecule has 0 saturated heterocycles. The van der Waals surface area contributed by atoms with Crippen molar-refractivity contribution in [2.24, 2.45) is 0 Å². The molecule has 0 fully saturated rings. The fraction of sp³-hybridized carbons (Fsp3) is 0. The third-order valence-electron chi connectivity index (χ3n) is 7.92. The van der Waals surface area contributed by atoms with Crippen molar-refractivity contribution in [3.05, 3.63) is 152 Å². The third kappa shape index (κ3) is 4.29. The van der Waals surface area contributed by atoms with Crippen molar-refractivity contribution >= 4 is 32.3 Å². The number of nitrogens with zero attached hydrogens (tertiary/aromatic N) is 3. The minimum atomic E-state index is 0.656. The first-order chi connectivity index (χ1) is 20.8. The van der Waals surface area contributed by atoms with Gasteiger partial charge in [0.05, 0.1) is 0 Å². The molecule has 0 N–H and O–H groups in total. The van der Waals surface area contributed by atoms with Crippen molar-refractivity contribution < 1.29 is 0 Å². The number of benzene rings is 7. The molecule has 0 aliphatic carbocycles. The molecule has 3 nitrogen and oxygen atoms in total. The SMILES string of the molecule is c1ccc(-c2nc(-c3ccc(-c4ccc5c(ccc6ccccc65)c4)cc3)nc(-c3cccc4ccccc34)n2)cc1. The molecule has 8 aromatic rings. The smallest absolute Gasteiger partial charge is 0.164 e. The van der Waals surface area contributed by atoms with Crippen molar-refractivity contribution in [2.75, 3.05) is 0 Å². The largest absolute Gasteiger partial charge is 0.208 e. The quantitative estimate of drug-likeness (QED) is 0.211. The van der Waals surface area contributed by atoms with Crippen LogP contribution in [0.4, 0.5) is 0 Å². The molecular formula is C39H25N3. The molecule has 196 valence electrons. The first-order valence-electron chi connectivity index (χ1n) is 14.1. The van der Waals surface area contributed by atoms with Gasteiger partial charge < -0.3 is 0 Å². The molecule has 0 aliphatic rings. The van der Waals surface area contributed by atoms with E-state index in [9.17, 15) is 0 Å². The molecule has 3 heteroatoms. The Morgan fingerprint density at radius 3 is 1.60 bits per heavy atom. The van der Waals surface area contributed by atoms with Crippen LogP contribution in [-0.4, -0.2) is 15.0 Å². The van der Waals surface area contributed by atoms with Crippen LogP contribution in [0.3, 0.4) is 0 Å². The lowest BCUT2D eigenvalue weighted by Crippen LogP contribution is -2.00. The van der Waals surface area contributed by atoms with Gasteiger partial charge in [-0.2, -0.15) is 0 Å². The van der Waals surface area contributed by atoms with Gasteiger partial charge in [-0.05, 0) is 49.5 Å². The van der Waals surface area contributed by atoms with Gasteiger partial charge in [-0.25, -0.2) is 15.0 Å². The van der Waals surface area contributed by atoms with Gasteiger partial charge in [-0.1, -0.05) is 146 Å². The van der Waals surface area contributed by atoms with E-state index in [1.165, 1.54) is 27.1 Å². The molecule has 0 unspecified atom stereocenters. The van der Waals surface area contributed by atoms with Crippen molar-refractivity contribution in [2.45, 2.75) is 0 Å². The highest BCUT2D eigenvalue weighted by atomic mass is 15.0. The van der Waals surface area contributed by atoms with Crippen LogP contribution in [0.15, 0.2) is 152 Å². The van der Waals surface area contributed by atoms with E-state index in [2.05, 4.69) is 121 Å². The van der Waals surface area contributed by atoms with Crippen LogP contribution in [0, 0.1) is 0 Å². The summed E-state index contributed by atoms with van der Waals surface area (Å²) in [6.45, 7) is 0. The van der Waals surface area contributed by atoms with E-state index < -0.39 is 0 Å². The molecule has 0 amide bonds. The van der Waals surface area contributed by atoms with Gasteiger partial charge in [0, 0.05) is 16.7 Å². The average molecular weight is 536 g/mol. The van der Waals surface area contributed by atoms with Gasteiger partial charge in [-0.15, -0.1) is 0 Å². The van der Waals surface area contributed by atoms with Crippen LogP contribution in [0.1, 0.15) is 0 Å². The fourth-order valence-corrected chi connectivity index (χ4v) is 5.77. The average Bonchev–Trinajstić information content (AvgIpc) is 3.08. The zero-order chi connectivity index (χ0) is 27.9. The Kier molecular flexibility index (Phi) is 5.79. The van der Waals surface area contributed by atoms with Crippen LogP contribution < -0.4 is 0 Å². The van der Waals surface area contributed by atoms with E-state index in [4.69, 9.17) is 15.0 Å². The Labute approximate surface area is 243 Å². The van der Waals surface area contributed by atoms with Crippen molar-refractivity contribution in [3.63, 3.8) is 0 Å². The monoisotopic (exact) mass is 535 g/mol. The topological polar surface area (TPSA) is 38.7 Å². The lowest BCUT2D eigenvalue weighted by atomic mass is 9.97. The highest BCUT2D eigenvalue weighted by molar-refractivity contribution is 6.08. The number of aromatic nitrogens is 3. The second-order valence-corrected chi connectivity index (χ2v) is 10.5. The van der Waals surface area contributed by atoms with E-state index in [-0.39, 0.29) is 0 Å². The first kappa shape index (κ1) is 24.2. The summed E-state index contributed by atoms with van der Waals surface area (Å²) in [7, 11) is 0. The fourth-order valence-electron chi connectivity index (χ4n) is 5.77. The van der Waals surface area contributed by atoms with E-state index >= 15 is 0 Å². The summed E-state index contributed by atoms with van der Waals surface area (Å²) in [5, 5.41) is 7.33. The van der Waals surface area contributed by atoms with Crippen LogP contribution in [0.5, 0.6) is 0 Å². The van der Waals surface area contributed by atoms with Gasteiger partial charge in [-0.3, -0.25) is 0 Å². The van der Waals surface area contributed by atoms with E-state index in [0.717, 1.165) is 33.0 Å². The summed E-state index contributed by atoms with van der Waals surface area (Å²) < 4.78 is 0. The van der Waals surface area contributed by atoms with Gasteiger partial charge in [0.1, 0.15) is 0 Å². The molecule has 0 radical (unpaired) electrons. The number of rotatable bonds is 4. The van der Waals surface area contributed by atoms with Gasteiger partial charge in [0.2, 0.25) is 0 Å². The van der Waals surface area contributed by atoms with E-state index in [0.29, 0.717) is 17.5 Å². The Morgan fingerprint density at radius 1 is 0.286 bits per heavy atom. The Bertz CT molecular complexity index is 2230. The molecule has 0 aliphatic heterocycles. The summed E-state index contributed by atoms with van der Waals surface area (Å²) in [4.78, 5) is 14.9. The summed E-state index contributed by atoms with van der Waals surface area (Å²) in [6.07, 6.45) is 0. The maximum atomic E-state index is 5.00. The Morgan fingerprint density at radius 2 is 0.810 bits per heavy atom. The highest BCUT2D eigenvalue weighted by Crippen LogP contribution is 2.32. The molecule has 0 bridgehead atoms. The summed E-state index contributed by atoms with van der Waals surface area (Å²) in [5.41, 5.74) is 5.24. The van der Waals surface area contributed by atoms with Gasteiger partial charge in [0.15, 0.2) is 17.5 Å². The lowest BCUT2D eigenvalue weighted by Gasteiger charge is -2.11. The minimum absolute atomic E-state index is 0.656. The Balaban J connectivity index is 1.22. The minimum Gasteiger partial charge on any atom is -0.208 e. The molecule has 1 aromatic heterocycles. The normalized spacial score (nSPS) is 11.3. The van der Waals surface area contributed by atoms with Gasteiger partial charge >= 0.3 is 0 Å². The standard InChI is InChI=1S/C39H25N3/c1-2-11-29(12-3-1)37-40-38(42-39(41-37)36-16-8-13-27-9-4-7-15-34(27)36)30-20-17-26(18-21-30)31-23-24-35-32(25-31)22-19-28-10-5-6-14-33(28)35/h1-25H. The van der Waals surface area contributed by atoms with Crippen LogP contribution in [0.25, 0.3) is 77.6 Å². The summed E-state index contributed by atoms with van der Waals surface area (Å²) >= 11 is 0. The highest BCUT2D eigenvalue weighted by Gasteiger charge is 2.14. The number of fused-ring (bicyclic) bond motifs is 4. The van der Waals surface area contributed by atoms with E-state index in [1.807, 2.05) is 30.3 Å². The second-order valence-electron chi connectivity index (χ2n) is 10.5. The van der Waals surface area contributed by atoms with Crippen LogP contribution in [-0.2, 0) is 0 Å². The lowest BCUT2D eigenvalue weighted by molar-refractivity contribution is 1.08. The first-order valence-corrected chi connectivity index (χ1v) is 14.1.